The van der Waals surface area contributed by atoms with Gasteiger partial charge in [0.1, 0.15) is 12.0 Å². The molecule has 0 amide bonds. The summed E-state index contributed by atoms with van der Waals surface area (Å²) in [5.41, 5.74) is 7.78. The van der Waals surface area contributed by atoms with E-state index in [1.54, 1.807) is 0 Å². The Kier molecular flexibility index (Phi) is 5.82. The van der Waals surface area contributed by atoms with Crippen molar-refractivity contribution in [1.82, 2.24) is 9.97 Å². The second-order valence-electron chi connectivity index (χ2n) is 4.81. The van der Waals surface area contributed by atoms with Crippen LogP contribution in [0.1, 0.15) is 25.3 Å². The summed E-state index contributed by atoms with van der Waals surface area (Å²) in [6.45, 7) is 3.50. The number of nitrogens with one attached hydrogen (secondary N) is 1. The number of anilines is 2. The minimum absolute atomic E-state index is 0.459. The largest absolute Gasteiger partial charge is 0.476 e. The highest BCUT2D eigenvalue weighted by atomic mass is 16.5. The SMILES string of the molecule is CCCCOc1ncnc(NCCc2ccccc2)c1N. The smallest absolute Gasteiger partial charge is 0.242 e. The average Bonchev–Trinajstić information content (AvgIpc) is 2.52. The molecule has 3 N–H and O–H groups in total. The van der Waals surface area contributed by atoms with Crippen LogP contribution < -0.4 is 15.8 Å². The lowest BCUT2D eigenvalue weighted by molar-refractivity contribution is 0.299. The Balaban J connectivity index is 1.89. The molecule has 0 unspecified atom stereocenters. The van der Waals surface area contributed by atoms with Crippen molar-refractivity contribution >= 4 is 11.5 Å². The average molecular weight is 286 g/mol. The van der Waals surface area contributed by atoms with Gasteiger partial charge >= 0.3 is 0 Å². The third-order valence-electron chi connectivity index (χ3n) is 3.13. The summed E-state index contributed by atoms with van der Waals surface area (Å²) in [6, 6.07) is 10.3. The van der Waals surface area contributed by atoms with E-state index < -0.39 is 0 Å². The molecule has 21 heavy (non-hydrogen) atoms. The van der Waals surface area contributed by atoms with Crippen LogP contribution in [0.25, 0.3) is 0 Å². The third kappa shape index (κ3) is 4.63. The van der Waals surface area contributed by atoms with E-state index in [9.17, 15) is 0 Å². The fourth-order valence-corrected chi connectivity index (χ4v) is 1.92. The molecule has 0 saturated carbocycles. The van der Waals surface area contributed by atoms with E-state index in [-0.39, 0.29) is 0 Å². The molecular weight excluding hydrogens is 264 g/mol. The van der Waals surface area contributed by atoms with Crippen LogP contribution >= 0.6 is 0 Å². The van der Waals surface area contributed by atoms with Crippen molar-refractivity contribution in [2.75, 3.05) is 24.2 Å². The summed E-state index contributed by atoms with van der Waals surface area (Å²) >= 11 is 0. The maximum Gasteiger partial charge on any atom is 0.242 e. The maximum absolute atomic E-state index is 6.03. The van der Waals surface area contributed by atoms with Crippen molar-refractivity contribution < 1.29 is 4.74 Å². The molecule has 0 bridgehead atoms. The molecule has 0 aliphatic heterocycles. The summed E-state index contributed by atoms with van der Waals surface area (Å²) < 4.78 is 5.57. The van der Waals surface area contributed by atoms with E-state index in [0.717, 1.165) is 25.8 Å². The van der Waals surface area contributed by atoms with E-state index in [0.29, 0.717) is 24.0 Å². The molecular formula is C16H22N4O. The molecule has 2 rings (SSSR count). The van der Waals surface area contributed by atoms with Crippen LogP contribution in [0.4, 0.5) is 11.5 Å². The zero-order valence-corrected chi connectivity index (χ0v) is 12.4. The van der Waals surface area contributed by atoms with Crippen LogP contribution in [-0.2, 0) is 6.42 Å². The summed E-state index contributed by atoms with van der Waals surface area (Å²) in [5, 5.41) is 3.24. The number of rotatable bonds is 8. The molecule has 0 radical (unpaired) electrons. The quantitative estimate of drug-likeness (QED) is 0.730. The van der Waals surface area contributed by atoms with Gasteiger partial charge in [0.2, 0.25) is 5.88 Å². The fraction of sp³-hybridized carbons (Fsp3) is 0.375. The molecule has 1 heterocycles. The van der Waals surface area contributed by atoms with E-state index >= 15 is 0 Å². The van der Waals surface area contributed by atoms with Gasteiger partial charge in [-0.1, -0.05) is 43.7 Å². The number of nitrogens with zero attached hydrogens (tertiary/aromatic N) is 2. The maximum atomic E-state index is 6.03. The first-order valence-corrected chi connectivity index (χ1v) is 7.32. The second-order valence-corrected chi connectivity index (χ2v) is 4.81. The van der Waals surface area contributed by atoms with Gasteiger partial charge in [-0.3, -0.25) is 0 Å². The zero-order chi connectivity index (χ0) is 14.9. The molecule has 0 aliphatic carbocycles. The zero-order valence-electron chi connectivity index (χ0n) is 12.4. The van der Waals surface area contributed by atoms with Gasteiger partial charge in [-0.05, 0) is 18.4 Å². The molecule has 2 aromatic rings. The Labute approximate surface area is 125 Å². The van der Waals surface area contributed by atoms with Gasteiger partial charge in [0, 0.05) is 6.54 Å². The highest BCUT2D eigenvalue weighted by molar-refractivity contribution is 5.66. The Morgan fingerprint density at radius 3 is 2.76 bits per heavy atom. The standard InChI is InChI=1S/C16H22N4O/c1-2-3-11-21-16-14(17)15(19-12-20-16)18-10-9-13-7-5-4-6-8-13/h4-8,12H,2-3,9-11,17H2,1H3,(H,18,19,20). The highest BCUT2D eigenvalue weighted by Crippen LogP contribution is 2.24. The molecule has 0 atom stereocenters. The molecule has 0 spiro atoms. The van der Waals surface area contributed by atoms with Crippen molar-refractivity contribution in [2.45, 2.75) is 26.2 Å². The minimum Gasteiger partial charge on any atom is -0.476 e. The number of hydrogen-bond donors (Lipinski definition) is 2. The minimum atomic E-state index is 0.459. The number of unbranched alkanes of at least 4 members (excludes halogenated alkanes) is 1. The van der Waals surface area contributed by atoms with Gasteiger partial charge < -0.3 is 15.8 Å². The molecule has 1 aromatic carbocycles. The lowest BCUT2D eigenvalue weighted by Gasteiger charge is -2.11. The molecule has 0 fully saturated rings. The lowest BCUT2D eigenvalue weighted by Crippen LogP contribution is -2.11. The van der Waals surface area contributed by atoms with Crippen LogP contribution in [0.5, 0.6) is 5.88 Å². The van der Waals surface area contributed by atoms with E-state index in [2.05, 4.69) is 34.3 Å². The third-order valence-corrected chi connectivity index (χ3v) is 3.13. The Morgan fingerprint density at radius 2 is 2.00 bits per heavy atom. The van der Waals surface area contributed by atoms with E-state index in [4.69, 9.17) is 10.5 Å². The number of ether oxygens (including phenoxy) is 1. The predicted molar refractivity (Wildman–Crippen MR) is 85.5 cm³/mol. The summed E-state index contributed by atoms with van der Waals surface area (Å²) in [4.78, 5) is 8.25. The van der Waals surface area contributed by atoms with Crippen molar-refractivity contribution in [3.63, 3.8) is 0 Å². The molecule has 112 valence electrons. The summed E-state index contributed by atoms with van der Waals surface area (Å²) in [7, 11) is 0. The van der Waals surface area contributed by atoms with Crippen LogP contribution in [0.15, 0.2) is 36.7 Å². The lowest BCUT2D eigenvalue weighted by atomic mass is 10.1. The summed E-state index contributed by atoms with van der Waals surface area (Å²) in [5.74, 6) is 1.09. The van der Waals surface area contributed by atoms with Crippen molar-refractivity contribution in [3.05, 3.63) is 42.2 Å². The van der Waals surface area contributed by atoms with E-state index in [1.807, 2.05) is 18.2 Å². The van der Waals surface area contributed by atoms with Crippen LogP contribution in [0.3, 0.4) is 0 Å². The number of aromatic nitrogens is 2. The van der Waals surface area contributed by atoms with Gasteiger partial charge in [-0.15, -0.1) is 0 Å². The second kappa shape index (κ2) is 8.09. The first kappa shape index (κ1) is 15.1. The highest BCUT2D eigenvalue weighted by Gasteiger charge is 2.08. The normalized spacial score (nSPS) is 10.3. The molecule has 1 aromatic heterocycles. The molecule has 5 nitrogen and oxygen atoms in total. The monoisotopic (exact) mass is 286 g/mol. The summed E-state index contributed by atoms with van der Waals surface area (Å²) in [6.07, 6.45) is 4.45. The molecule has 0 aliphatic rings. The van der Waals surface area contributed by atoms with Crippen LogP contribution in [0, 0.1) is 0 Å². The van der Waals surface area contributed by atoms with Crippen LogP contribution in [-0.4, -0.2) is 23.1 Å². The van der Waals surface area contributed by atoms with E-state index in [1.165, 1.54) is 11.9 Å². The number of nitrogens with two attached hydrogens (primary N) is 1. The first-order chi connectivity index (χ1) is 10.3. The Hall–Kier alpha value is -2.30. The first-order valence-electron chi connectivity index (χ1n) is 7.32. The number of benzene rings is 1. The van der Waals surface area contributed by atoms with Gasteiger partial charge in [0.25, 0.3) is 0 Å². The van der Waals surface area contributed by atoms with Crippen molar-refractivity contribution in [3.8, 4) is 5.88 Å². The van der Waals surface area contributed by atoms with Crippen molar-refractivity contribution in [2.24, 2.45) is 0 Å². The fourth-order valence-electron chi connectivity index (χ4n) is 1.92. The number of nitrogen functional groups attached to an aromatic ring is 1. The van der Waals surface area contributed by atoms with Gasteiger partial charge in [0.05, 0.1) is 6.61 Å². The van der Waals surface area contributed by atoms with Crippen molar-refractivity contribution in [1.29, 1.82) is 0 Å². The molecule has 0 saturated heterocycles. The van der Waals surface area contributed by atoms with Gasteiger partial charge in [0.15, 0.2) is 5.82 Å². The number of hydrogen-bond acceptors (Lipinski definition) is 5. The molecule has 5 heteroatoms. The van der Waals surface area contributed by atoms with Crippen LogP contribution in [0.2, 0.25) is 0 Å². The Morgan fingerprint density at radius 1 is 1.19 bits per heavy atom. The predicted octanol–water partition coefficient (Wildman–Crippen LogP) is 2.89. The van der Waals surface area contributed by atoms with Gasteiger partial charge in [-0.2, -0.15) is 4.98 Å². The van der Waals surface area contributed by atoms with Gasteiger partial charge in [-0.25, -0.2) is 4.98 Å². The topological polar surface area (TPSA) is 73.1 Å². The Bertz CT molecular complexity index is 545.